The van der Waals surface area contributed by atoms with Crippen LogP contribution in [-0.2, 0) is 6.42 Å². The molecule has 0 aromatic heterocycles. The predicted octanol–water partition coefficient (Wildman–Crippen LogP) is 2.56. The quantitative estimate of drug-likeness (QED) is 0.886. The average molecular weight is 296 g/mol. The summed E-state index contributed by atoms with van der Waals surface area (Å²) in [5, 5.41) is 3.37. The van der Waals surface area contributed by atoms with Gasteiger partial charge in [0.15, 0.2) is 0 Å². The molecule has 2 aromatic carbocycles. The Morgan fingerprint density at radius 2 is 1.55 bits per heavy atom. The molecular weight excluding hydrogens is 272 g/mol. The molecule has 3 heteroatoms. The first-order valence-corrected chi connectivity index (χ1v) is 8.09. The molecule has 3 rings (SSSR count). The van der Waals surface area contributed by atoms with Crippen molar-refractivity contribution in [1.82, 2.24) is 10.2 Å². The van der Waals surface area contributed by atoms with Crippen molar-refractivity contribution in [3.63, 3.8) is 0 Å². The van der Waals surface area contributed by atoms with E-state index in [0.29, 0.717) is 0 Å². The third-order valence-corrected chi connectivity index (χ3v) is 4.06. The van der Waals surface area contributed by atoms with Crippen LogP contribution in [0, 0.1) is 0 Å². The van der Waals surface area contributed by atoms with Crippen LogP contribution in [0.4, 0.5) is 0 Å². The maximum absolute atomic E-state index is 5.85. The summed E-state index contributed by atoms with van der Waals surface area (Å²) in [7, 11) is 0. The molecule has 0 aliphatic carbocycles. The van der Waals surface area contributed by atoms with E-state index in [2.05, 4.69) is 64.8 Å². The third-order valence-electron chi connectivity index (χ3n) is 4.06. The minimum atomic E-state index is 0.762. The highest BCUT2D eigenvalue weighted by Gasteiger charge is 2.08. The van der Waals surface area contributed by atoms with Gasteiger partial charge in [-0.1, -0.05) is 42.5 Å². The van der Waals surface area contributed by atoms with Gasteiger partial charge in [0.2, 0.25) is 0 Å². The fourth-order valence-electron chi connectivity index (χ4n) is 2.76. The molecule has 0 saturated carbocycles. The van der Waals surface area contributed by atoms with Gasteiger partial charge in [0.05, 0.1) is 0 Å². The van der Waals surface area contributed by atoms with E-state index in [4.69, 9.17) is 4.74 Å². The molecule has 0 bridgehead atoms. The summed E-state index contributed by atoms with van der Waals surface area (Å²) >= 11 is 0. The number of ether oxygens (including phenoxy) is 1. The zero-order valence-electron chi connectivity index (χ0n) is 13.0. The van der Waals surface area contributed by atoms with Crippen LogP contribution in [0.2, 0.25) is 0 Å². The third kappa shape index (κ3) is 4.58. The first-order valence-electron chi connectivity index (χ1n) is 8.09. The van der Waals surface area contributed by atoms with Crippen molar-refractivity contribution >= 4 is 0 Å². The van der Waals surface area contributed by atoms with Gasteiger partial charge in [-0.2, -0.15) is 0 Å². The Labute approximate surface area is 132 Å². The standard InChI is InChI=1S/C19H24N2O/c1-2-4-17(5-3-1)16-18-6-8-19(9-7-18)22-15-14-21-12-10-20-11-13-21/h1-9,20H,10-16H2. The van der Waals surface area contributed by atoms with Crippen LogP contribution in [0.15, 0.2) is 54.6 Å². The normalized spacial score (nSPS) is 15.6. The Morgan fingerprint density at radius 1 is 0.864 bits per heavy atom. The SMILES string of the molecule is c1ccc(Cc2ccc(OCCN3CCNCC3)cc2)cc1. The molecule has 1 aliphatic heterocycles. The lowest BCUT2D eigenvalue weighted by atomic mass is 10.1. The first-order chi connectivity index (χ1) is 10.9. The molecule has 1 heterocycles. The lowest BCUT2D eigenvalue weighted by Crippen LogP contribution is -2.44. The molecule has 0 spiro atoms. The molecule has 116 valence electrons. The van der Waals surface area contributed by atoms with Crippen LogP contribution in [0.25, 0.3) is 0 Å². The van der Waals surface area contributed by atoms with E-state index in [1.54, 1.807) is 0 Å². The Hall–Kier alpha value is -1.84. The highest BCUT2D eigenvalue weighted by Crippen LogP contribution is 2.15. The number of nitrogens with one attached hydrogen (secondary N) is 1. The van der Waals surface area contributed by atoms with E-state index in [0.717, 1.165) is 51.5 Å². The minimum Gasteiger partial charge on any atom is -0.492 e. The molecule has 1 aliphatic rings. The number of benzene rings is 2. The van der Waals surface area contributed by atoms with Crippen molar-refractivity contribution in [1.29, 1.82) is 0 Å². The van der Waals surface area contributed by atoms with Crippen molar-refractivity contribution in [3.8, 4) is 5.75 Å². The minimum absolute atomic E-state index is 0.762. The van der Waals surface area contributed by atoms with Gasteiger partial charge in [0, 0.05) is 32.7 Å². The summed E-state index contributed by atoms with van der Waals surface area (Å²) in [5.41, 5.74) is 2.66. The molecule has 1 fully saturated rings. The zero-order valence-corrected chi connectivity index (χ0v) is 13.0. The largest absolute Gasteiger partial charge is 0.492 e. The lowest BCUT2D eigenvalue weighted by Gasteiger charge is -2.26. The summed E-state index contributed by atoms with van der Waals surface area (Å²) in [6, 6.07) is 19.0. The van der Waals surface area contributed by atoms with Gasteiger partial charge < -0.3 is 10.1 Å². The van der Waals surface area contributed by atoms with Gasteiger partial charge in [0.1, 0.15) is 12.4 Å². The van der Waals surface area contributed by atoms with E-state index < -0.39 is 0 Å². The Balaban J connectivity index is 1.45. The van der Waals surface area contributed by atoms with Crippen LogP contribution < -0.4 is 10.1 Å². The number of nitrogens with zero attached hydrogens (tertiary/aromatic N) is 1. The number of piperazine rings is 1. The predicted molar refractivity (Wildman–Crippen MR) is 90.5 cm³/mol. The highest BCUT2D eigenvalue weighted by molar-refractivity contribution is 5.31. The van der Waals surface area contributed by atoms with E-state index >= 15 is 0 Å². The summed E-state index contributed by atoms with van der Waals surface area (Å²) in [4.78, 5) is 2.44. The Kier molecular flexibility index (Phi) is 5.46. The van der Waals surface area contributed by atoms with Gasteiger partial charge in [-0.15, -0.1) is 0 Å². The molecular formula is C19H24N2O. The first kappa shape index (κ1) is 15.1. The summed E-state index contributed by atoms with van der Waals surface area (Å²) in [6.45, 7) is 6.20. The van der Waals surface area contributed by atoms with Gasteiger partial charge in [-0.25, -0.2) is 0 Å². The summed E-state index contributed by atoms with van der Waals surface area (Å²) < 4.78 is 5.85. The average Bonchev–Trinajstić information content (AvgIpc) is 2.58. The van der Waals surface area contributed by atoms with Crippen LogP contribution >= 0.6 is 0 Å². The van der Waals surface area contributed by atoms with E-state index in [9.17, 15) is 0 Å². The van der Waals surface area contributed by atoms with E-state index in [1.807, 2.05) is 0 Å². The maximum Gasteiger partial charge on any atom is 0.119 e. The molecule has 3 nitrogen and oxygen atoms in total. The molecule has 2 aromatic rings. The van der Waals surface area contributed by atoms with Gasteiger partial charge in [-0.3, -0.25) is 4.90 Å². The summed E-state index contributed by atoms with van der Waals surface area (Å²) in [5.74, 6) is 0.965. The fourth-order valence-corrected chi connectivity index (χ4v) is 2.76. The summed E-state index contributed by atoms with van der Waals surface area (Å²) in [6.07, 6.45) is 0.974. The molecule has 1 saturated heterocycles. The van der Waals surface area contributed by atoms with Crippen LogP contribution in [0.5, 0.6) is 5.75 Å². The smallest absolute Gasteiger partial charge is 0.119 e. The second-order valence-corrected chi connectivity index (χ2v) is 5.75. The van der Waals surface area contributed by atoms with E-state index in [-0.39, 0.29) is 0 Å². The van der Waals surface area contributed by atoms with Gasteiger partial charge >= 0.3 is 0 Å². The monoisotopic (exact) mass is 296 g/mol. The van der Waals surface area contributed by atoms with Gasteiger partial charge in [0.25, 0.3) is 0 Å². The van der Waals surface area contributed by atoms with Crippen molar-refractivity contribution in [2.45, 2.75) is 6.42 Å². The topological polar surface area (TPSA) is 24.5 Å². The van der Waals surface area contributed by atoms with Crippen molar-refractivity contribution in [2.24, 2.45) is 0 Å². The molecule has 22 heavy (non-hydrogen) atoms. The zero-order chi connectivity index (χ0) is 15.0. The maximum atomic E-state index is 5.85. The van der Waals surface area contributed by atoms with Crippen molar-refractivity contribution < 1.29 is 4.74 Å². The Morgan fingerprint density at radius 3 is 2.27 bits per heavy atom. The number of hydrogen-bond acceptors (Lipinski definition) is 3. The Bertz CT molecular complexity index is 547. The van der Waals surface area contributed by atoms with Crippen LogP contribution in [-0.4, -0.2) is 44.2 Å². The fraction of sp³-hybridized carbons (Fsp3) is 0.368. The highest BCUT2D eigenvalue weighted by atomic mass is 16.5. The molecule has 0 radical (unpaired) electrons. The van der Waals surface area contributed by atoms with Crippen LogP contribution in [0.1, 0.15) is 11.1 Å². The molecule has 1 N–H and O–H groups in total. The molecule has 0 unspecified atom stereocenters. The number of rotatable bonds is 6. The van der Waals surface area contributed by atoms with Gasteiger partial charge in [-0.05, 0) is 29.7 Å². The second-order valence-electron chi connectivity index (χ2n) is 5.75. The number of hydrogen-bond donors (Lipinski definition) is 1. The van der Waals surface area contributed by atoms with Crippen molar-refractivity contribution in [2.75, 3.05) is 39.3 Å². The molecule has 0 amide bonds. The van der Waals surface area contributed by atoms with Crippen molar-refractivity contribution in [3.05, 3.63) is 65.7 Å². The molecule has 0 atom stereocenters. The van der Waals surface area contributed by atoms with E-state index in [1.165, 1.54) is 11.1 Å². The second kappa shape index (κ2) is 7.97. The lowest BCUT2D eigenvalue weighted by molar-refractivity contribution is 0.191. The van der Waals surface area contributed by atoms with Crippen LogP contribution in [0.3, 0.4) is 0 Å².